The molecule has 0 heterocycles. The number of unbranched alkanes of at least 4 members (excludes halogenated alkanes) is 1. The van der Waals surface area contributed by atoms with Crippen LogP contribution in [0.15, 0.2) is 24.3 Å². The first kappa shape index (κ1) is 14.5. The van der Waals surface area contributed by atoms with Gasteiger partial charge in [-0.3, -0.25) is 0 Å². The number of hydrogen-bond acceptors (Lipinski definition) is 4. The van der Waals surface area contributed by atoms with Gasteiger partial charge in [-0.2, -0.15) is 5.26 Å². The highest BCUT2D eigenvalue weighted by Crippen LogP contribution is 2.11. The fraction of sp³-hybridized carbons (Fsp3) is 0.500. The average molecular weight is 249 g/mol. The summed E-state index contributed by atoms with van der Waals surface area (Å²) >= 11 is 0. The molecule has 1 atom stereocenters. The summed E-state index contributed by atoms with van der Waals surface area (Å²) in [5.74, 6) is 0.640. The molecule has 18 heavy (non-hydrogen) atoms. The van der Waals surface area contributed by atoms with Crippen molar-refractivity contribution >= 4 is 0 Å². The molecule has 0 aromatic heterocycles. The fourth-order valence-electron chi connectivity index (χ4n) is 1.33. The summed E-state index contributed by atoms with van der Waals surface area (Å²) in [5, 5.41) is 18.2. The Morgan fingerprint density at radius 1 is 1.28 bits per heavy atom. The summed E-state index contributed by atoms with van der Waals surface area (Å²) in [7, 11) is 0. The third-order valence-electron chi connectivity index (χ3n) is 2.38. The molecule has 4 heteroatoms. The highest BCUT2D eigenvalue weighted by atomic mass is 16.5. The highest BCUT2D eigenvalue weighted by Gasteiger charge is 2.05. The Morgan fingerprint density at radius 2 is 2.00 bits per heavy atom. The molecule has 0 aliphatic carbocycles. The first-order valence-electron chi connectivity index (χ1n) is 6.15. The topological polar surface area (TPSA) is 62.5 Å². The molecule has 0 aliphatic rings. The molecule has 0 aliphatic heterocycles. The third-order valence-corrected chi connectivity index (χ3v) is 2.38. The SMILES string of the molecule is CCCCOCC(O)COc1ccc(C#N)cc1. The minimum atomic E-state index is -0.627. The van der Waals surface area contributed by atoms with Crippen LogP contribution in [-0.2, 0) is 4.74 Å². The number of nitrogens with zero attached hydrogens (tertiary/aromatic N) is 1. The predicted octanol–water partition coefficient (Wildman–Crippen LogP) is 2.11. The van der Waals surface area contributed by atoms with E-state index in [1.54, 1.807) is 24.3 Å². The minimum absolute atomic E-state index is 0.192. The molecule has 4 nitrogen and oxygen atoms in total. The van der Waals surface area contributed by atoms with Crippen LogP contribution < -0.4 is 4.74 Å². The van der Waals surface area contributed by atoms with Crippen molar-refractivity contribution in [3.05, 3.63) is 29.8 Å². The van der Waals surface area contributed by atoms with E-state index in [0.29, 0.717) is 17.9 Å². The summed E-state index contributed by atoms with van der Waals surface area (Å²) < 4.78 is 10.7. The smallest absolute Gasteiger partial charge is 0.119 e. The van der Waals surface area contributed by atoms with Crippen LogP contribution in [0.2, 0.25) is 0 Å². The van der Waals surface area contributed by atoms with Crippen LogP contribution in [0.4, 0.5) is 0 Å². The lowest BCUT2D eigenvalue weighted by atomic mass is 10.2. The maximum absolute atomic E-state index is 9.61. The Balaban J connectivity index is 2.21. The van der Waals surface area contributed by atoms with Gasteiger partial charge in [0.2, 0.25) is 0 Å². The fourth-order valence-corrected chi connectivity index (χ4v) is 1.33. The zero-order chi connectivity index (χ0) is 13.2. The second kappa shape index (κ2) is 8.51. The molecular weight excluding hydrogens is 230 g/mol. The van der Waals surface area contributed by atoms with Crippen LogP contribution in [0.5, 0.6) is 5.75 Å². The summed E-state index contributed by atoms with van der Waals surface area (Å²) in [6.45, 7) is 3.24. The van der Waals surface area contributed by atoms with E-state index in [9.17, 15) is 5.11 Å². The lowest BCUT2D eigenvalue weighted by Gasteiger charge is -2.12. The Morgan fingerprint density at radius 3 is 2.61 bits per heavy atom. The van der Waals surface area contributed by atoms with Gasteiger partial charge in [-0.25, -0.2) is 0 Å². The van der Waals surface area contributed by atoms with E-state index in [2.05, 4.69) is 6.92 Å². The van der Waals surface area contributed by atoms with Gasteiger partial charge in [0.05, 0.1) is 18.2 Å². The lowest BCUT2D eigenvalue weighted by Crippen LogP contribution is -2.23. The van der Waals surface area contributed by atoms with Crippen molar-refractivity contribution in [3.8, 4) is 11.8 Å². The Bertz CT molecular complexity index is 370. The van der Waals surface area contributed by atoms with Crippen LogP contribution >= 0.6 is 0 Å². The zero-order valence-electron chi connectivity index (χ0n) is 10.6. The van der Waals surface area contributed by atoms with Gasteiger partial charge in [0, 0.05) is 6.61 Å². The number of aliphatic hydroxyl groups excluding tert-OH is 1. The molecule has 1 aromatic rings. The van der Waals surface area contributed by atoms with Crippen molar-refractivity contribution in [2.75, 3.05) is 19.8 Å². The van der Waals surface area contributed by atoms with Crippen LogP contribution in [0, 0.1) is 11.3 Å². The molecule has 1 N–H and O–H groups in total. The second-order valence-corrected chi connectivity index (χ2v) is 4.03. The third kappa shape index (κ3) is 5.67. The van der Waals surface area contributed by atoms with E-state index in [4.69, 9.17) is 14.7 Å². The van der Waals surface area contributed by atoms with Crippen molar-refractivity contribution < 1.29 is 14.6 Å². The van der Waals surface area contributed by atoms with Crippen LogP contribution in [-0.4, -0.2) is 31.0 Å². The number of ether oxygens (including phenoxy) is 2. The Hall–Kier alpha value is -1.57. The first-order chi connectivity index (χ1) is 8.76. The number of hydrogen-bond donors (Lipinski definition) is 1. The molecule has 98 valence electrons. The normalized spacial score (nSPS) is 11.8. The van der Waals surface area contributed by atoms with Gasteiger partial charge in [0.15, 0.2) is 0 Å². The molecular formula is C14H19NO3. The average Bonchev–Trinajstić information content (AvgIpc) is 2.42. The number of aliphatic hydroxyl groups is 1. The van der Waals surface area contributed by atoms with Crippen LogP contribution in [0.1, 0.15) is 25.3 Å². The van der Waals surface area contributed by atoms with Gasteiger partial charge < -0.3 is 14.6 Å². The Kier molecular flexibility index (Phi) is 6.85. The molecule has 1 unspecified atom stereocenters. The van der Waals surface area contributed by atoms with Crippen molar-refractivity contribution in [1.29, 1.82) is 5.26 Å². The zero-order valence-corrected chi connectivity index (χ0v) is 10.6. The van der Waals surface area contributed by atoms with Crippen molar-refractivity contribution in [2.45, 2.75) is 25.9 Å². The van der Waals surface area contributed by atoms with E-state index in [1.807, 2.05) is 6.07 Å². The van der Waals surface area contributed by atoms with Crippen LogP contribution in [0.3, 0.4) is 0 Å². The van der Waals surface area contributed by atoms with Gasteiger partial charge in [-0.15, -0.1) is 0 Å². The Labute approximate surface area is 108 Å². The maximum Gasteiger partial charge on any atom is 0.119 e. The standard InChI is InChI=1S/C14H19NO3/c1-2-3-8-17-10-13(16)11-18-14-6-4-12(9-15)5-7-14/h4-7,13,16H,2-3,8,10-11H2,1H3. The lowest BCUT2D eigenvalue weighted by molar-refractivity contribution is 0.0113. The summed E-state index contributed by atoms with van der Waals surface area (Å²) in [4.78, 5) is 0. The number of nitriles is 1. The van der Waals surface area contributed by atoms with E-state index >= 15 is 0 Å². The monoisotopic (exact) mass is 249 g/mol. The van der Waals surface area contributed by atoms with E-state index in [1.165, 1.54) is 0 Å². The summed E-state index contributed by atoms with van der Waals surface area (Å²) in [6.07, 6.45) is 1.46. The van der Waals surface area contributed by atoms with E-state index in [0.717, 1.165) is 12.8 Å². The largest absolute Gasteiger partial charge is 0.491 e. The summed E-state index contributed by atoms with van der Waals surface area (Å²) in [5.41, 5.74) is 0.589. The molecule has 0 amide bonds. The second-order valence-electron chi connectivity index (χ2n) is 4.03. The quantitative estimate of drug-likeness (QED) is 0.717. The van der Waals surface area contributed by atoms with Gasteiger partial charge in [0.25, 0.3) is 0 Å². The van der Waals surface area contributed by atoms with Crippen molar-refractivity contribution in [3.63, 3.8) is 0 Å². The minimum Gasteiger partial charge on any atom is -0.491 e. The van der Waals surface area contributed by atoms with Gasteiger partial charge in [0.1, 0.15) is 18.5 Å². The molecule has 0 saturated carbocycles. The molecule has 1 aromatic carbocycles. The van der Waals surface area contributed by atoms with Gasteiger partial charge >= 0.3 is 0 Å². The first-order valence-corrected chi connectivity index (χ1v) is 6.15. The number of rotatable bonds is 8. The van der Waals surface area contributed by atoms with E-state index in [-0.39, 0.29) is 13.2 Å². The van der Waals surface area contributed by atoms with Crippen molar-refractivity contribution in [1.82, 2.24) is 0 Å². The molecule has 0 saturated heterocycles. The van der Waals surface area contributed by atoms with Gasteiger partial charge in [-0.05, 0) is 30.7 Å². The molecule has 1 rings (SSSR count). The highest BCUT2D eigenvalue weighted by molar-refractivity contribution is 5.34. The molecule has 0 fully saturated rings. The van der Waals surface area contributed by atoms with Crippen LogP contribution in [0.25, 0.3) is 0 Å². The molecule has 0 bridgehead atoms. The maximum atomic E-state index is 9.61. The predicted molar refractivity (Wildman–Crippen MR) is 68.4 cm³/mol. The van der Waals surface area contributed by atoms with Crippen molar-refractivity contribution in [2.24, 2.45) is 0 Å². The number of benzene rings is 1. The summed E-state index contributed by atoms with van der Waals surface area (Å²) in [6, 6.07) is 8.82. The molecule has 0 spiro atoms. The van der Waals surface area contributed by atoms with E-state index < -0.39 is 6.10 Å². The molecule has 0 radical (unpaired) electrons. The van der Waals surface area contributed by atoms with Gasteiger partial charge in [-0.1, -0.05) is 13.3 Å².